The normalized spacial score (nSPS) is 21.2. The van der Waals surface area contributed by atoms with Gasteiger partial charge in [0.2, 0.25) is 11.8 Å². The van der Waals surface area contributed by atoms with E-state index in [4.69, 9.17) is 0 Å². The first-order valence-electron chi connectivity index (χ1n) is 9.72. The monoisotopic (exact) mass is 386 g/mol. The molecule has 3 unspecified atom stereocenters. The van der Waals surface area contributed by atoms with E-state index in [1.165, 1.54) is 0 Å². The van der Waals surface area contributed by atoms with Crippen molar-refractivity contribution in [3.05, 3.63) is 36.4 Å². The lowest BCUT2D eigenvalue weighted by Crippen LogP contribution is -2.45. The van der Waals surface area contributed by atoms with Gasteiger partial charge in [0, 0.05) is 56.3 Å². The van der Waals surface area contributed by atoms with Crippen LogP contribution in [0.25, 0.3) is 0 Å². The molecule has 8 heteroatoms. The van der Waals surface area contributed by atoms with Gasteiger partial charge in [0.15, 0.2) is 0 Å². The summed E-state index contributed by atoms with van der Waals surface area (Å²) in [6.07, 6.45) is 7.52. The number of carbonyl (C=O) groups is 2. The van der Waals surface area contributed by atoms with Crippen molar-refractivity contribution < 1.29 is 9.59 Å². The summed E-state index contributed by atoms with van der Waals surface area (Å²) in [5.74, 6) is -0.267. The molecule has 0 aliphatic carbocycles. The molecule has 28 heavy (non-hydrogen) atoms. The molecule has 0 saturated carbocycles. The molecule has 1 N–H and O–H groups in total. The Morgan fingerprint density at radius 3 is 2.68 bits per heavy atom. The molecule has 0 aromatic carbocycles. The van der Waals surface area contributed by atoms with Crippen molar-refractivity contribution in [1.29, 1.82) is 0 Å². The van der Waals surface area contributed by atoms with E-state index < -0.39 is 5.92 Å². The predicted octanol–water partition coefficient (Wildman–Crippen LogP) is 1.76. The standard InChI is InChI=1S/C20H30N6O2/c1-14(12-25-8-6-7-22-25)10-21-19(28)16-9-17(27)26(20(2,3)4)18(16)15-11-23-24(5)13-15/h6-8,11,13-14,16,18H,9-10,12H2,1-5H3,(H,21,28). The highest BCUT2D eigenvalue weighted by molar-refractivity contribution is 5.90. The van der Waals surface area contributed by atoms with Gasteiger partial charge in [0.05, 0.1) is 18.2 Å². The predicted molar refractivity (Wildman–Crippen MR) is 105 cm³/mol. The summed E-state index contributed by atoms with van der Waals surface area (Å²) in [6.45, 7) is 9.35. The quantitative estimate of drug-likeness (QED) is 0.820. The van der Waals surface area contributed by atoms with Crippen LogP contribution in [0.2, 0.25) is 0 Å². The van der Waals surface area contributed by atoms with Crippen molar-refractivity contribution in [1.82, 2.24) is 29.8 Å². The number of aryl methyl sites for hydroxylation is 1. The Morgan fingerprint density at radius 1 is 1.36 bits per heavy atom. The fraction of sp³-hybridized carbons (Fsp3) is 0.600. The van der Waals surface area contributed by atoms with Crippen LogP contribution >= 0.6 is 0 Å². The average Bonchev–Trinajstić information content (AvgIpc) is 3.32. The van der Waals surface area contributed by atoms with Crippen LogP contribution in [0.15, 0.2) is 30.9 Å². The van der Waals surface area contributed by atoms with Crippen LogP contribution in [0.4, 0.5) is 0 Å². The Morgan fingerprint density at radius 2 is 2.11 bits per heavy atom. The van der Waals surface area contributed by atoms with Crippen LogP contribution < -0.4 is 5.32 Å². The zero-order valence-corrected chi connectivity index (χ0v) is 17.3. The van der Waals surface area contributed by atoms with E-state index >= 15 is 0 Å². The number of amides is 2. The zero-order chi connectivity index (χ0) is 20.5. The van der Waals surface area contributed by atoms with Crippen molar-refractivity contribution in [3.63, 3.8) is 0 Å². The number of nitrogens with zero attached hydrogens (tertiary/aromatic N) is 5. The topological polar surface area (TPSA) is 85.0 Å². The van der Waals surface area contributed by atoms with Crippen molar-refractivity contribution in [2.24, 2.45) is 18.9 Å². The summed E-state index contributed by atoms with van der Waals surface area (Å²) >= 11 is 0. The highest BCUT2D eigenvalue weighted by atomic mass is 16.2. The average molecular weight is 387 g/mol. The number of hydrogen-bond donors (Lipinski definition) is 1. The van der Waals surface area contributed by atoms with E-state index in [-0.39, 0.29) is 35.7 Å². The maximum Gasteiger partial charge on any atom is 0.226 e. The molecule has 0 bridgehead atoms. The molecule has 0 spiro atoms. The fourth-order valence-electron chi connectivity index (χ4n) is 3.93. The zero-order valence-electron chi connectivity index (χ0n) is 17.3. The van der Waals surface area contributed by atoms with Gasteiger partial charge in [-0.05, 0) is 32.8 Å². The van der Waals surface area contributed by atoms with Crippen LogP contribution in [0.5, 0.6) is 0 Å². The first kappa shape index (κ1) is 20.1. The second-order valence-corrected chi connectivity index (χ2v) is 8.72. The van der Waals surface area contributed by atoms with E-state index in [9.17, 15) is 9.59 Å². The van der Waals surface area contributed by atoms with E-state index in [1.54, 1.807) is 17.1 Å². The van der Waals surface area contributed by atoms with Gasteiger partial charge < -0.3 is 10.2 Å². The summed E-state index contributed by atoms with van der Waals surface area (Å²) in [5.41, 5.74) is 0.521. The number of likely N-dealkylation sites (tertiary alicyclic amines) is 1. The summed E-state index contributed by atoms with van der Waals surface area (Å²) in [6, 6.07) is 1.58. The number of rotatable bonds is 6. The van der Waals surface area contributed by atoms with Crippen molar-refractivity contribution in [2.75, 3.05) is 6.54 Å². The molecule has 1 saturated heterocycles. The SMILES string of the molecule is CC(CNC(=O)C1CC(=O)N(C(C)(C)C)C1c1cnn(C)c1)Cn1cccn1. The van der Waals surface area contributed by atoms with Crippen LogP contribution in [-0.2, 0) is 23.2 Å². The molecule has 2 amide bonds. The third kappa shape index (κ3) is 4.26. The molecular formula is C20H30N6O2. The molecule has 2 aromatic rings. The van der Waals surface area contributed by atoms with E-state index in [0.717, 1.165) is 12.1 Å². The van der Waals surface area contributed by atoms with Crippen molar-refractivity contribution in [2.45, 2.75) is 52.2 Å². The minimum Gasteiger partial charge on any atom is -0.355 e. The lowest BCUT2D eigenvalue weighted by Gasteiger charge is -2.38. The molecule has 8 nitrogen and oxygen atoms in total. The Balaban J connectivity index is 1.73. The number of aromatic nitrogens is 4. The molecular weight excluding hydrogens is 356 g/mol. The minimum atomic E-state index is -0.423. The molecule has 3 heterocycles. The second-order valence-electron chi connectivity index (χ2n) is 8.72. The van der Waals surface area contributed by atoms with Gasteiger partial charge in [-0.3, -0.25) is 19.0 Å². The Kier molecular flexibility index (Phi) is 5.58. The van der Waals surface area contributed by atoms with Crippen molar-refractivity contribution in [3.8, 4) is 0 Å². The maximum absolute atomic E-state index is 13.0. The molecule has 3 atom stereocenters. The summed E-state index contributed by atoms with van der Waals surface area (Å²) in [4.78, 5) is 27.6. The van der Waals surface area contributed by atoms with E-state index in [0.29, 0.717) is 6.54 Å². The van der Waals surface area contributed by atoms with Gasteiger partial charge in [-0.15, -0.1) is 0 Å². The first-order valence-corrected chi connectivity index (χ1v) is 9.72. The van der Waals surface area contributed by atoms with Gasteiger partial charge in [-0.1, -0.05) is 6.92 Å². The van der Waals surface area contributed by atoms with Gasteiger partial charge in [-0.2, -0.15) is 10.2 Å². The van der Waals surface area contributed by atoms with Crippen molar-refractivity contribution >= 4 is 11.8 Å². The third-order valence-electron chi connectivity index (χ3n) is 5.13. The van der Waals surface area contributed by atoms with Crippen LogP contribution in [0.1, 0.15) is 45.7 Å². The number of carbonyl (C=O) groups excluding carboxylic acids is 2. The van der Waals surface area contributed by atoms with Crippen LogP contribution in [0.3, 0.4) is 0 Å². The fourth-order valence-corrected chi connectivity index (χ4v) is 3.93. The van der Waals surface area contributed by atoms with E-state index in [2.05, 4.69) is 22.4 Å². The smallest absolute Gasteiger partial charge is 0.226 e. The van der Waals surface area contributed by atoms with Gasteiger partial charge in [0.1, 0.15) is 0 Å². The molecule has 1 aliphatic rings. The molecule has 152 valence electrons. The molecule has 1 aliphatic heterocycles. The minimum absolute atomic E-state index is 0.00564. The highest BCUT2D eigenvalue weighted by Crippen LogP contribution is 2.42. The molecule has 3 rings (SSSR count). The van der Waals surface area contributed by atoms with Gasteiger partial charge in [0.25, 0.3) is 0 Å². The number of nitrogens with one attached hydrogen (secondary N) is 1. The van der Waals surface area contributed by atoms with Gasteiger partial charge in [-0.25, -0.2) is 0 Å². The largest absolute Gasteiger partial charge is 0.355 e. The Hall–Kier alpha value is -2.64. The Bertz CT molecular complexity index is 820. The van der Waals surface area contributed by atoms with Crippen LogP contribution in [-0.4, -0.2) is 48.4 Å². The molecule has 1 fully saturated rings. The third-order valence-corrected chi connectivity index (χ3v) is 5.13. The summed E-state index contributed by atoms with van der Waals surface area (Å²) in [7, 11) is 1.84. The lowest BCUT2D eigenvalue weighted by atomic mass is 9.92. The summed E-state index contributed by atoms with van der Waals surface area (Å²) in [5, 5.41) is 11.5. The second kappa shape index (κ2) is 7.77. The van der Waals surface area contributed by atoms with Crippen LogP contribution in [0, 0.1) is 11.8 Å². The summed E-state index contributed by atoms with van der Waals surface area (Å²) < 4.78 is 3.57. The van der Waals surface area contributed by atoms with E-state index in [1.807, 2.05) is 55.9 Å². The molecule has 2 aromatic heterocycles. The lowest BCUT2D eigenvalue weighted by molar-refractivity contribution is -0.133. The maximum atomic E-state index is 13.0. The van der Waals surface area contributed by atoms with Gasteiger partial charge >= 0.3 is 0 Å². The number of hydrogen-bond acceptors (Lipinski definition) is 4. The highest BCUT2D eigenvalue weighted by Gasteiger charge is 2.48. The Labute approximate surface area is 165 Å². The molecule has 0 radical (unpaired) electrons. The first-order chi connectivity index (χ1) is 13.2.